The Labute approximate surface area is 125 Å². The minimum Gasteiger partial charge on any atom is -0.497 e. The maximum Gasteiger partial charge on any atom is 0.118 e. The van der Waals surface area contributed by atoms with Crippen LogP contribution in [0.1, 0.15) is 12.0 Å². The van der Waals surface area contributed by atoms with Crippen LogP contribution in [0.3, 0.4) is 0 Å². The van der Waals surface area contributed by atoms with Crippen LogP contribution in [0, 0.1) is 0 Å². The van der Waals surface area contributed by atoms with Gasteiger partial charge in [0.2, 0.25) is 0 Å². The number of nitrogens with two attached hydrogens (primary N) is 1. The van der Waals surface area contributed by atoms with Crippen molar-refractivity contribution in [1.29, 1.82) is 0 Å². The summed E-state index contributed by atoms with van der Waals surface area (Å²) in [6, 6.07) is 18.8. The summed E-state index contributed by atoms with van der Waals surface area (Å²) in [5, 5.41) is 0. The minimum atomic E-state index is 0.208. The van der Waals surface area contributed by atoms with Crippen LogP contribution in [-0.2, 0) is 6.42 Å². The molecule has 1 unspecified atom stereocenters. The van der Waals surface area contributed by atoms with Crippen molar-refractivity contribution in [3.63, 3.8) is 0 Å². The average molecular weight is 287 g/mol. The zero-order valence-corrected chi connectivity index (χ0v) is 12.6. The van der Waals surface area contributed by atoms with Crippen LogP contribution in [0.4, 0.5) is 0 Å². The van der Waals surface area contributed by atoms with E-state index in [0.717, 1.165) is 24.3 Å². The lowest BCUT2D eigenvalue weighted by molar-refractivity contribution is 0.414. The fourth-order valence-corrected chi connectivity index (χ4v) is 3.02. The van der Waals surface area contributed by atoms with E-state index in [0.29, 0.717) is 0 Å². The van der Waals surface area contributed by atoms with Gasteiger partial charge in [0, 0.05) is 10.9 Å². The first-order valence-electron chi connectivity index (χ1n) is 6.84. The maximum atomic E-state index is 6.20. The van der Waals surface area contributed by atoms with Crippen LogP contribution in [0.2, 0.25) is 0 Å². The molecule has 0 saturated heterocycles. The lowest BCUT2D eigenvalue weighted by Gasteiger charge is -2.11. The van der Waals surface area contributed by atoms with Crippen molar-refractivity contribution in [3.8, 4) is 5.75 Å². The first kappa shape index (κ1) is 14.9. The van der Waals surface area contributed by atoms with E-state index in [4.69, 9.17) is 10.5 Å². The van der Waals surface area contributed by atoms with Gasteiger partial charge in [-0.2, -0.15) is 0 Å². The molecule has 2 N–H and O–H groups in total. The van der Waals surface area contributed by atoms with Gasteiger partial charge in [0.05, 0.1) is 7.11 Å². The summed E-state index contributed by atoms with van der Waals surface area (Å²) < 4.78 is 5.15. The molecule has 0 aliphatic carbocycles. The Balaban J connectivity index is 1.73. The molecule has 106 valence electrons. The van der Waals surface area contributed by atoms with Crippen LogP contribution < -0.4 is 10.5 Å². The van der Waals surface area contributed by atoms with Crippen molar-refractivity contribution in [1.82, 2.24) is 0 Å². The molecule has 0 amide bonds. The minimum absolute atomic E-state index is 0.208. The Morgan fingerprint density at radius 3 is 2.40 bits per heavy atom. The second kappa shape index (κ2) is 7.98. The molecule has 2 aromatic rings. The number of hydrogen-bond acceptors (Lipinski definition) is 3. The molecule has 0 spiro atoms. The molecule has 0 radical (unpaired) electrons. The topological polar surface area (TPSA) is 35.2 Å². The van der Waals surface area contributed by atoms with Gasteiger partial charge in [0.1, 0.15) is 5.75 Å². The number of thioether (sulfide) groups is 1. The first-order valence-corrected chi connectivity index (χ1v) is 7.83. The van der Waals surface area contributed by atoms with Crippen molar-refractivity contribution < 1.29 is 4.74 Å². The summed E-state index contributed by atoms with van der Waals surface area (Å²) in [7, 11) is 1.68. The molecule has 0 aliphatic rings. The van der Waals surface area contributed by atoms with Gasteiger partial charge >= 0.3 is 0 Å². The highest BCUT2D eigenvalue weighted by molar-refractivity contribution is 7.99. The van der Waals surface area contributed by atoms with E-state index in [1.54, 1.807) is 7.11 Å². The van der Waals surface area contributed by atoms with E-state index in [9.17, 15) is 0 Å². The van der Waals surface area contributed by atoms with Gasteiger partial charge in [0.15, 0.2) is 0 Å². The van der Waals surface area contributed by atoms with Gasteiger partial charge in [0.25, 0.3) is 0 Å². The van der Waals surface area contributed by atoms with Gasteiger partial charge in [-0.05, 0) is 48.4 Å². The Bertz CT molecular complexity index is 498. The van der Waals surface area contributed by atoms with E-state index < -0.39 is 0 Å². The Morgan fingerprint density at radius 2 is 1.75 bits per heavy atom. The second-order valence-electron chi connectivity index (χ2n) is 4.76. The van der Waals surface area contributed by atoms with Crippen molar-refractivity contribution in [3.05, 3.63) is 60.2 Å². The third-order valence-corrected chi connectivity index (χ3v) is 4.20. The molecule has 0 fully saturated rings. The predicted molar refractivity (Wildman–Crippen MR) is 86.5 cm³/mol. The summed E-state index contributed by atoms with van der Waals surface area (Å²) in [6.45, 7) is 0. The SMILES string of the molecule is COc1ccc(CC(N)CCSc2ccccc2)cc1. The molecule has 0 heterocycles. The molecule has 1 atom stereocenters. The van der Waals surface area contributed by atoms with E-state index in [2.05, 4.69) is 36.4 Å². The molecule has 0 saturated carbocycles. The van der Waals surface area contributed by atoms with Crippen molar-refractivity contribution >= 4 is 11.8 Å². The van der Waals surface area contributed by atoms with Gasteiger partial charge < -0.3 is 10.5 Å². The normalized spacial score (nSPS) is 12.1. The third kappa shape index (κ3) is 4.91. The number of rotatable bonds is 7. The van der Waals surface area contributed by atoms with Gasteiger partial charge in [-0.25, -0.2) is 0 Å². The van der Waals surface area contributed by atoms with Crippen molar-refractivity contribution in [2.75, 3.05) is 12.9 Å². The Kier molecular flexibility index (Phi) is 5.96. The average Bonchev–Trinajstić information content (AvgIpc) is 2.49. The van der Waals surface area contributed by atoms with E-state index >= 15 is 0 Å². The number of ether oxygens (including phenoxy) is 1. The zero-order chi connectivity index (χ0) is 14.2. The Morgan fingerprint density at radius 1 is 1.05 bits per heavy atom. The molecule has 2 rings (SSSR count). The van der Waals surface area contributed by atoms with Crippen molar-refractivity contribution in [2.24, 2.45) is 5.73 Å². The zero-order valence-electron chi connectivity index (χ0n) is 11.8. The number of methoxy groups -OCH3 is 1. The van der Waals surface area contributed by atoms with Crippen LogP contribution >= 0.6 is 11.8 Å². The van der Waals surface area contributed by atoms with E-state index in [1.165, 1.54) is 10.5 Å². The molecular weight excluding hydrogens is 266 g/mol. The van der Waals surface area contributed by atoms with Gasteiger partial charge in [-0.1, -0.05) is 30.3 Å². The van der Waals surface area contributed by atoms with E-state index in [1.807, 2.05) is 30.0 Å². The monoisotopic (exact) mass is 287 g/mol. The molecular formula is C17H21NOS. The van der Waals surface area contributed by atoms with Crippen LogP contribution in [0.15, 0.2) is 59.5 Å². The van der Waals surface area contributed by atoms with Gasteiger partial charge in [-0.3, -0.25) is 0 Å². The first-order chi connectivity index (χ1) is 9.78. The second-order valence-corrected chi connectivity index (χ2v) is 5.93. The highest BCUT2D eigenvalue weighted by Crippen LogP contribution is 2.19. The molecule has 0 aromatic heterocycles. The number of benzene rings is 2. The summed E-state index contributed by atoms with van der Waals surface area (Å²) in [6.07, 6.45) is 1.94. The molecule has 0 bridgehead atoms. The Hall–Kier alpha value is -1.45. The third-order valence-electron chi connectivity index (χ3n) is 3.16. The van der Waals surface area contributed by atoms with Crippen molar-refractivity contribution in [2.45, 2.75) is 23.8 Å². The fraction of sp³-hybridized carbons (Fsp3) is 0.294. The van der Waals surface area contributed by atoms with Crippen LogP contribution in [-0.4, -0.2) is 18.9 Å². The standard InChI is InChI=1S/C17H21NOS/c1-19-16-9-7-14(8-10-16)13-15(18)11-12-20-17-5-3-2-4-6-17/h2-10,15H,11-13,18H2,1H3. The summed E-state index contributed by atoms with van der Waals surface area (Å²) in [5.41, 5.74) is 7.46. The predicted octanol–water partition coefficient (Wildman–Crippen LogP) is 3.75. The van der Waals surface area contributed by atoms with Crippen LogP contribution in [0.5, 0.6) is 5.75 Å². The van der Waals surface area contributed by atoms with E-state index in [-0.39, 0.29) is 6.04 Å². The lowest BCUT2D eigenvalue weighted by Crippen LogP contribution is -2.23. The molecule has 3 heteroatoms. The highest BCUT2D eigenvalue weighted by Gasteiger charge is 2.05. The molecule has 2 aromatic carbocycles. The van der Waals surface area contributed by atoms with Gasteiger partial charge in [-0.15, -0.1) is 11.8 Å². The largest absolute Gasteiger partial charge is 0.497 e. The summed E-state index contributed by atoms with van der Waals surface area (Å²) >= 11 is 1.87. The molecule has 0 aliphatic heterocycles. The molecule has 20 heavy (non-hydrogen) atoms. The maximum absolute atomic E-state index is 6.20. The summed E-state index contributed by atoms with van der Waals surface area (Å²) in [5.74, 6) is 1.95. The lowest BCUT2D eigenvalue weighted by atomic mass is 10.0. The fourth-order valence-electron chi connectivity index (χ4n) is 2.01. The summed E-state index contributed by atoms with van der Waals surface area (Å²) in [4.78, 5) is 1.31. The number of hydrogen-bond donors (Lipinski definition) is 1. The quantitative estimate of drug-likeness (QED) is 0.788. The smallest absolute Gasteiger partial charge is 0.118 e. The molecule has 2 nitrogen and oxygen atoms in total. The van der Waals surface area contributed by atoms with Crippen LogP contribution in [0.25, 0.3) is 0 Å². The highest BCUT2D eigenvalue weighted by atomic mass is 32.2.